The minimum atomic E-state index is 0.504. The molecule has 1 fully saturated rings. The van der Waals surface area contributed by atoms with E-state index < -0.39 is 0 Å². The molecule has 1 aromatic rings. The highest BCUT2D eigenvalue weighted by Crippen LogP contribution is 2.19. The fraction of sp³-hybridized carbons (Fsp3) is 0.786. The summed E-state index contributed by atoms with van der Waals surface area (Å²) in [5.74, 6) is 0. The van der Waals surface area contributed by atoms with Gasteiger partial charge in [-0.3, -0.25) is 0 Å². The molecule has 1 aliphatic rings. The SMILES string of the molecule is CCNC(CCC1CCCO1)Cc1nc(C)cs1. The lowest BCUT2D eigenvalue weighted by Crippen LogP contribution is -2.31. The molecule has 0 saturated carbocycles. The number of aromatic nitrogens is 1. The average Bonchev–Trinajstić information content (AvgIpc) is 2.98. The molecule has 0 bridgehead atoms. The van der Waals surface area contributed by atoms with Gasteiger partial charge in [0.1, 0.15) is 0 Å². The molecule has 1 aromatic heterocycles. The van der Waals surface area contributed by atoms with Gasteiger partial charge in [-0.05, 0) is 39.2 Å². The van der Waals surface area contributed by atoms with Crippen molar-refractivity contribution in [1.82, 2.24) is 10.3 Å². The number of rotatable bonds is 7. The zero-order valence-corrected chi connectivity index (χ0v) is 12.3. The van der Waals surface area contributed by atoms with Crippen LogP contribution in [0.4, 0.5) is 0 Å². The van der Waals surface area contributed by atoms with Crippen LogP contribution in [0.25, 0.3) is 0 Å². The Bertz CT molecular complexity index is 347. The number of hydrogen-bond acceptors (Lipinski definition) is 4. The van der Waals surface area contributed by atoms with Crippen LogP contribution in [0.5, 0.6) is 0 Å². The summed E-state index contributed by atoms with van der Waals surface area (Å²) in [6, 6.07) is 0.546. The summed E-state index contributed by atoms with van der Waals surface area (Å²) in [6.07, 6.45) is 6.42. The van der Waals surface area contributed by atoms with Gasteiger partial charge in [0.25, 0.3) is 0 Å². The molecule has 0 amide bonds. The van der Waals surface area contributed by atoms with Crippen molar-refractivity contribution in [2.24, 2.45) is 0 Å². The maximum absolute atomic E-state index is 5.70. The summed E-state index contributed by atoms with van der Waals surface area (Å²) in [5.41, 5.74) is 1.14. The Kier molecular flexibility index (Phi) is 5.60. The van der Waals surface area contributed by atoms with Crippen LogP contribution in [0.15, 0.2) is 5.38 Å². The standard InChI is InChI=1S/C14H24N2OS/c1-3-15-12(6-7-13-5-4-8-17-13)9-14-16-11(2)10-18-14/h10,12-13,15H,3-9H2,1-2H3. The Morgan fingerprint density at radius 1 is 1.61 bits per heavy atom. The van der Waals surface area contributed by atoms with E-state index in [2.05, 4.69) is 29.5 Å². The van der Waals surface area contributed by atoms with E-state index in [0.717, 1.165) is 25.3 Å². The fourth-order valence-corrected chi connectivity index (χ4v) is 3.38. The van der Waals surface area contributed by atoms with E-state index in [0.29, 0.717) is 12.1 Å². The number of nitrogens with one attached hydrogen (secondary N) is 1. The van der Waals surface area contributed by atoms with Gasteiger partial charge in [0, 0.05) is 30.1 Å². The number of hydrogen-bond donors (Lipinski definition) is 1. The molecule has 0 spiro atoms. The van der Waals surface area contributed by atoms with Gasteiger partial charge in [0.15, 0.2) is 0 Å². The molecule has 18 heavy (non-hydrogen) atoms. The van der Waals surface area contributed by atoms with Crippen LogP contribution >= 0.6 is 11.3 Å². The largest absolute Gasteiger partial charge is 0.378 e. The van der Waals surface area contributed by atoms with Gasteiger partial charge in [-0.15, -0.1) is 11.3 Å². The first-order valence-corrected chi connectivity index (χ1v) is 7.92. The molecular weight excluding hydrogens is 244 g/mol. The third-order valence-electron chi connectivity index (χ3n) is 3.44. The van der Waals surface area contributed by atoms with E-state index in [-0.39, 0.29) is 0 Å². The molecule has 0 aromatic carbocycles. The Morgan fingerprint density at radius 3 is 3.11 bits per heavy atom. The van der Waals surface area contributed by atoms with E-state index in [1.807, 2.05) is 0 Å². The summed E-state index contributed by atoms with van der Waals surface area (Å²) < 4.78 is 5.70. The normalized spacial score (nSPS) is 21.3. The molecule has 3 nitrogen and oxygen atoms in total. The molecule has 4 heteroatoms. The van der Waals surface area contributed by atoms with Crippen LogP contribution in [0.3, 0.4) is 0 Å². The van der Waals surface area contributed by atoms with Crippen LogP contribution in [0.1, 0.15) is 43.3 Å². The fourth-order valence-electron chi connectivity index (χ4n) is 2.53. The highest BCUT2D eigenvalue weighted by molar-refractivity contribution is 7.09. The first-order valence-electron chi connectivity index (χ1n) is 7.04. The number of likely N-dealkylation sites (N-methyl/N-ethyl adjacent to an activating group) is 1. The summed E-state index contributed by atoms with van der Waals surface area (Å²) >= 11 is 1.78. The van der Waals surface area contributed by atoms with Crippen molar-refractivity contribution in [2.75, 3.05) is 13.2 Å². The second-order valence-electron chi connectivity index (χ2n) is 5.05. The van der Waals surface area contributed by atoms with Crippen molar-refractivity contribution >= 4 is 11.3 Å². The van der Waals surface area contributed by atoms with Gasteiger partial charge in [-0.1, -0.05) is 6.92 Å². The third-order valence-corrected chi connectivity index (χ3v) is 4.43. The second-order valence-corrected chi connectivity index (χ2v) is 6.00. The van der Waals surface area contributed by atoms with Crippen molar-refractivity contribution < 1.29 is 4.74 Å². The zero-order chi connectivity index (χ0) is 12.8. The van der Waals surface area contributed by atoms with Gasteiger partial charge in [0.05, 0.1) is 11.1 Å². The molecule has 102 valence electrons. The van der Waals surface area contributed by atoms with E-state index in [4.69, 9.17) is 4.74 Å². The third kappa shape index (κ3) is 4.34. The van der Waals surface area contributed by atoms with Crippen molar-refractivity contribution in [1.29, 1.82) is 0 Å². The van der Waals surface area contributed by atoms with E-state index >= 15 is 0 Å². The van der Waals surface area contributed by atoms with Crippen molar-refractivity contribution in [3.05, 3.63) is 16.1 Å². The number of nitrogens with zero attached hydrogens (tertiary/aromatic N) is 1. The lowest BCUT2D eigenvalue weighted by atomic mass is 10.0. The number of aryl methyl sites for hydroxylation is 1. The van der Waals surface area contributed by atoms with Crippen LogP contribution in [0.2, 0.25) is 0 Å². The molecule has 1 saturated heterocycles. The minimum Gasteiger partial charge on any atom is -0.378 e. The second kappa shape index (κ2) is 7.22. The first kappa shape index (κ1) is 14.0. The molecule has 2 unspecified atom stereocenters. The summed E-state index contributed by atoms with van der Waals surface area (Å²) in [5, 5.41) is 6.97. The van der Waals surface area contributed by atoms with Crippen LogP contribution in [-0.4, -0.2) is 30.3 Å². The minimum absolute atomic E-state index is 0.504. The predicted molar refractivity (Wildman–Crippen MR) is 76.2 cm³/mol. The highest BCUT2D eigenvalue weighted by atomic mass is 32.1. The summed E-state index contributed by atoms with van der Waals surface area (Å²) in [7, 11) is 0. The Morgan fingerprint density at radius 2 is 2.50 bits per heavy atom. The Labute approximate surface area is 114 Å². The monoisotopic (exact) mass is 268 g/mol. The quantitative estimate of drug-likeness (QED) is 0.825. The summed E-state index contributed by atoms with van der Waals surface area (Å²) in [6.45, 7) is 6.23. The molecular formula is C14H24N2OS. The zero-order valence-electron chi connectivity index (χ0n) is 11.4. The van der Waals surface area contributed by atoms with Gasteiger partial charge in [-0.2, -0.15) is 0 Å². The molecule has 0 radical (unpaired) electrons. The molecule has 1 aliphatic heterocycles. The lowest BCUT2D eigenvalue weighted by Gasteiger charge is -2.18. The van der Waals surface area contributed by atoms with Crippen LogP contribution in [-0.2, 0) is 11.2 Å². The van der Waals surface area contributed by atoms with Crippen molar-refractivity contribution in [3.8, 4) is 0 Å². The topological polar surface area (TPSA) is 34.1 Å². The predicted octanol–water partition coefficient (Wildman–Crippen LogP) is 2.93. The van der Waals surface area contributed by atoms with Gasteiger partial charge >= 0.3 is 0 Å². The molecule has 2 rings (SSSR count). The number of ether oxygens (including phenoxy) is 1. The van der Waals surface area contributed by atoms with Gasteiger partial charge < -0.3 is 10.1 Å². The van der Waals surface area contributed by atoms with Crippen molar-refractivity contribution in [3.63, 3.8) is 0 Å². The Hall–Kier alpha value is -0.450. The molecule has 2 heterocycles. The lowest BCUT2D eigenvalue weighted by molar-refractivity contribution is 0.0996. The maximum atomic E-state index is 5.70. The smallest absolute Gasteiger partial charge is 0.0943 e. The summed E-state index contributed by atoms with van der Waals surface area (Å²) in [4.78, 5) is 4.56. The van der Waals surface area contributed by atoms with E-state index in [1.54, 1.807) is 11.3 Å². The van der Waals surface area contributed by atoms with Gasteiger partial charge in [0.2, 0.25) is 0 Å². The van der Waals surface area contributed by atoms with Gasteiger partial charge in [-0.25, -0.2) is 4.98 Å². The van der Waals surface area contributed by atoms with Crippen LogP contribution in [0, 0.1) is 6.92 Å². The molecule has 1 N–H and O–H groups in total. The maximum Gasteiger partial charge on any atom is 0.0943 e. The Balaban J connectivity index is 1.79. The van der Waals surface area contributed by atoms with E-state index in [9.17, 15) is 0 Å². The molecule has 2 atom stereocenters. The highest BCUT2D eigenvalue weighted by Gasteiger charge is 2.18. The molecule has 0 aliphatic carbocycles. The van der Waals surface area contributed by atoms with Crippen LogP contribution < -0.4 is 5.32 Å². The number of thiazole rings is 1. The van der Waals surface area contributed by atoms with Crippen molar-refractivity contribution in [2.45, 2.75) is 58.1 Å². The average molecular weight is 268 g/mol. The van der Waals surface area contributed by atoms with E-state index in [1.165, 1.54) is 30.7 Å². The first-order chi connectivity index (χ1) is 8.78.